The Morgan fingerprint density at radius 3 is 2.36 bits per heavy atom. The number of thiophene rings is 1. The van der Waals surface area contributed by atoms with Crippen LogP contribution in [0, 0.1) is 0 Å². The van der Waals surface area contributed by atoms with Crippen molar-refractivity contribution in [3.63, 3.8) is 0 Å². The van der Waals surface area contributed by atoms with Gasteiger partial charge in [-0.3, -0.25) is 0 Å². The Morgan fingerprint density at radius 2 is 1.51 bits per heavy atom. The van der Waals surface area contributed by atoms with Gasteiger partial charge in [0.15, 0.2) is 0 Å². The maximum Gasteiger partial charge on any atom is 0.308 e. The molecule has 5 heterocycles. The fraction of sp³-hybridized carbons (Fsp3) is 0.280. The average molecular weight is 749 g/mol. The molecule has 0 bridgehead atoms. The molecule has 4 aliphatic heterocycles. The number of rotatable bonds is 2. The maximum atomic E-state index is 3.04. The predicted molar refractivity (Wildman–Crippen MR) is 238 cm³/mol. The molecule has 1 aromatic heterocycles. The van der Waals surface area contributed by atoms with Crippen molar-refractivity contribution in [3.8, 4) is 22.3 Å². The van der Waals surface area contributed by atoms with E-state index < -0.39 is 0 Å². The van der Waals surface area contributed by atoms with Crippen LogP contribution in [0.2, 0.25) is 0 Å². The first-order valence-electron chi connectivity index (χ1n) is 20.3. The van der Waals surface area contributed by atoms with Crippen LogP contribution in [0.5, 0.6) is 0 Å². The van der Waals surface area contributed by atoms with Gasteiger partial charge in [-0.15, -0.1) is 23.1 Å². The summed E-state index contributed by atoms with van der Waals surface area (Å²) in [5, 5.41) is 3.07. The minimum atomic E-state index is 0.0281. The van der Waals surface area contributed by atoms with Crippen molar-refractivity contribution in [2.24, 2.45) is 0 Å². The Balaban J connectivity index is 1.25. The number of para-hydroxylation sites is 1. The van der Waals surface area contributed by atoms with Crippen LogP contribution >= 0.6 is 23.1 Å². The minimum absolute atomic E-state index is 0.0281. The van der Waals surface area contributed by atoms with Crippen LogP contribution in [-0.4, -0.2) is 17.5 Å². The van der Waals surface area contributed by atoms with Crippen molar-refractivity contribution in [1.82, 2.24) is 0 Å². The van der Waals surface area contributed by atoms with E-state index in [-0.39, 0.29) is 29.3 Å². The summed E-state index contributed by atoms with van der Waals surface area (Å²) in [5.74, 6) is 0. The summed E-state index contributed by atoms with van der Waals surface area (Å²) in [5.41, 5.74) is 15.9. The zero-order chi connectivity index (χ0) is 37.0. The summed E-state index contributed by atoms with van der Waals surface area (Å²) in [6.45, 7) is 12.5. The lowest BCUT2D eigenvalue weighted by Crippen LogP contribution is -2.71. The first kappa shape index (κ1) is 32.8. The van der Waals surface area contributed by atoms with E-state index in [4.69, 9.17) is 0 Å². The van der Waals surface area contributed by atoms with Crippen LogP contribution < -0.4 is 15.2 Å². The van der Waals surface area contributed by atoms with E-state index in [1.54, 1.807) is 11.0 Å². The molecule has 0 amide bonds. The van der Waals surface area contributed by atoms with E-state index in [2.05, 4.69) is 177 Å². The maximum absolute atomic E-state index is 3.04. The van der Waals surface area contributed by atoms with Gasteiger partial charge in [-0.05, 0) is 83.2 Å². The second kappa shape index (κ2) is 11.1. The van der Waals surface area contributed by atoms with Gasteiger partial charge < -0.3 is 9.71 Å². The van der Waals surface area contributed by atoms with Crippen LogP contribution in [0.1, 0.15) is 83.0 Å². The number of nitrogens with zero attached hydrogens (tertiary/aromatic N) is 2. The number of benzene rings is 6. The predicted octanol–water partition coefficient (Wildman–Crippen LogP) is 13.2. The van der Waals surface area contributed by atoms with Crippen LogP contribution in [-0.2, 0) is 10.8 Å². The molecular weight excluding hydrogens is 704 g/mol. The summed E-state index contributed by atoms with van der Waals surface area (Å²) < 4.78 is 2.83. The molecule has 0 saturated heterocycles. The lowest BCUT2D eigenvalue weighted by Gasteiger charge is -2.57. The van der Waals surface area contributed by atoms with Gasteiger partial charge in [0, 0.05) is 74.9 Å². The molecular formula is C50H45BN2S2. The van der Waals surface area contributed by atoms with Crippen molar-refractivity contribution in [3.05, 3.63) is 138 Å². The molecule has 4 unspecified atom stereocenters. The quantitative estimate of drug-likeness (QED) is 0.163. The van der Waals surface area contributed by atoms with E-state index in [0.29, 0.717) is 5.15 Å². The molecule has 1 saturated carbocycles. The number of hydrogen-bond donors (Lipinski definition) is 0. The second-order valence-electron chi connectivity index (χ2n) is 18.3. The third-order valence-electron chi connectivity index (χ3n) is 14.6. The smallest absolute Gasteiger partial charge is 0.308 e. The van der Waals surface area contributed by atoms with Gasteiger partial charge >= 0.3 is 6.85 Å². The van der Waals surface area contributed by atoms with Crippen molar-refractivity contribution < 1.29 is 0 Å². The van der Waals surface area contributed by atoms with E-state index in [0.717, 1.165) is 0 Å². The van der Waals surface area contributed by atoms with Crippen LogP contribution in [0.15, 0.2) is 126 Å². The summed E-state index contributed by atoms with van der Waals surface area (Å²) >= 11 is 4.16. The molecule has 5 heteroatoms. The van der Waals surface area contributed by atoms with Gasteiger partial charge in [-0.1, -0.05) is 132 Å². The highest BCUT2D eigenvalue weighted by molar-refractivity contribution is 8.02. The molecule has 6 aromatic carbocycles. The van der Waals surface area contributed by atoms with Gasteiger partial charge in [0.05, 0.1) is 6.04 Å². The van der Waals surface area contributed by atoms with E-state index >= 15 is 0 Å². The highest BCUT2D eigenvalue weighted by atomic mass is 32.2. The molecule has 1 aliphatic carbocycles. The second-order valence-corrected chi connectivity index (χ2v) is 20.5. The first-order valence-corrected chi connectivity index (χ1v) is 22.0. The summed E-state index contributed by atoms with van der Waals surface area (Å²) in [6, 6.07) is 47.2. The number of anilines is 3. The Hall–Kier alpha value is -4.45. The van der Waals surface area contributed by atoms with Gasteiger partial charge in [0.25, 0.3) is 0 Å². The topological polar surface area (TPSA) is 6.48 Å². The first-order chi connectivity index (χ1) is 26.7. The lowest BCUT2D eigenvalue weighted by molar-refractivity contribution is 0.198. The van der Waals surface area contributed by atoms with Gasteiger partial charge in [0.1, 0.15) is 0 Å². The molecule has 0 N–H and O–H groups in total. The Morgan fingerprint density at radius 1 is 0.727 bits per heavy atom. The number of fused-ring (bicyclic) bond motifs is 13. The van der Waals surface area contributed by atoms with Gasteiger partial charge in [-0.2, -0.15) is 0 Å². The Bertz CT molecular complexity index is 2760. The molecule has 2 nitrogen and oxygen atoms in total. The largest absolute Gasteiger partial charge is 0.403 e. The average Bonchev–Trinajstić information content (AvgIpc) is 3.83. The zero-order valence-corrected chi connectivity index (χ0v) is 34.0. The molecule has 270 valence electrons. The highest BCUT2D eigenvalue weighted by Gasteiger charge is 2.66. The highest BCUT2D eigenvalue weighted by Crippen LogP contribution is 2.66. The molecule has 12 rings (SSSR count). The molecule has 5 aliphatic rings. The SMILES string of the molecule is CC(C)(C)c1ccc(N2c3cc4c(sc5ccccc54)c4c3B(C3Sc5ccccc5C32)N2c3c-4cccc3C3(C)CCCCC23C)c(-c2ccccc2)c1. The van der Waals surface area contributed by atoms with Crippen molar-refractivity contribution in [2.75, 3.05) is 9.71 Å². The van der Waals surface area contributed by atoms with Crippen LogP contribution in [0.4, 0.5) is 17.1 Å². The molecule has 0 spiro atoms. The molecule has 1 fully saturated rings. The van der Waals surface area contributed by atoms with Crippen LogP contribution in [0.3, 0.4) is 0 Å². The third-order valence-corrected chi connectivity index (χ3v) is 17.2. The van der Waals surface area contributed by atoms with Crippen molar-refractivity contribution in [1.29, 1.82) is 0 Å². The zero-order valence-electron chi connectivity index (χ0n) is 32.3. The lowest BCUT2D eigenvalue weighted by atomic mass is 9.42. The fourth-order valence-electron chi connectivity index (χ4n) is 11.7. The normalized spacial score (nSPS) is 24.5. The minimum Gasteiger partial charge on any atom is -0.403 e. The fourth-order valence-corrected chi connectivity index (χ4v) is 14.6. The van der Waals surface area contributed by atoms with Gasteiger partial charge in [-0.25, -0.2) is 0 Å². The van der Waals surface area contributed by atoms with E-state index in [9.17, 15) is 0 Å². The number of hydrogen-bond acceptors (Lipinski definition) is 4. The van der Waals surface area contributed by atoms with Gasteiger partial charge in [0.2, 0.25) is 0 Å². The standard InChI is InChI=1S/C50H45BN2S2/c1-48(2,3)31-24-25-38(35(28-31)30-16-7-6-8-17-30)52-39-29-36-32-18-9-11-22-40(32)54-46(36)42-34-20-15-21-37-44(34)53(50(5)27-14-13-26-49(37,50)4)51(43(39)42)47-45(52)33-19-10-12-23-41(33)55-47/h6-12,15-25,28-29,45,47H,13-14,26-27H2,1-5H3. The summed E-state index contributed by atoms with van der Waals surface area (Å²) in [6.07, 6.45) is 5.08. The van der Waals surface area contributed by atoms with E-state index in [1.807, 2.05) is 11.3 Å². The molecule has 0 radical (unpaired) electrons. The Kier molecular flexibility index (Phi) is 6.62. The molecule has 7 aromatic rings. The van der Waals surface area contributed by atoms with Crippen molar-refractivity contribution >= 4 is 72.6 Å². The summed E-state index contributed by atoms with van der Waals surface area (Å²) in [7, 11) is 0. The van der Waals surface area contributed by atoms with Crippen LogP contribution in [0.25, 0.3) is 42.4 Å². The molecule has 55 heavy (non-hydrogen) atoms. The third kappa shape index (κ3) is 4.14. The summed E-state index contributed by atoms with van der Waals surface area (Å²) in [4.78, 5) is 7.30. The Labute approximate surface area is 333 Å². The van der Waals surface area contributed by atoms with Crippen molar-refractivity contribution in [2.45, 2.75) is 92.8 Å². The molecule has 4 atom stereocenters. The van der Waals surface area contributed by atoms with E-state index in [1.165, 1.54) is 101 Å². The monoisotopic (exact) mass is 748 g/mol. The number of thioether (sulfide) groups is 1.